The molecule has 0 radical (unpaired) electrons. The molecule has 0 amide bonds. The van der Waals surface area contributed by atoms with E-state index < -0.39 is 0 Å². The number of fused-ring (bicyclic) bond motifs is 1. The van der Waals surface area contributed by atoms with E-state index in [4.69, 9.17) is 0 Å². The Labute approximate surface area is 124 Å². The van der Waals surface area contributed by atoms with Gasteiger partial charge in [0.25, 0.3) is 0 Å². The molecule has 17 heavy (non-hydrogen) atoms. The first-order valence-corrected chi connectivity index (χ1v) is 6.94. The number of thiazole rings is 1. The average molecular weight is 421 g/mol. The number of hydrogen-bond acceptors (Lipinski definition) is 2. The van der Waals surface area contributed by atoms with Crippen LogP contribution < -0.4 is 0 Å². The molecule has 0 aliphatic rings. The van der Waals surface area contributed by atoms with Gasteiger partial charge in [0.2, 0.25) is 0 Å². The van der Waals surface area contributed by atoms with Crippen molar-refractivity contribution in [2.75, 3.05) is 0 Å². The van der Waals surface area contributed by atoms with Gasteiger partial charge in [-0.3, -0.25) is 0 Å². The number of para-hydroxylation sites is 1. The van der Waals surface area contributed by atoms with Gasteiger partial charge in [-0.2, -0.15) is 0 Å². The van der Waals surface area contributed by atoms with Gasteiger partial charge in [0.15, 0.2) is 0 Å². The van der Waals surface area contributed by atoms with E-state index in [0.717, 1.165) is 5.52 Å². The third-order valence-electron chi connectivity index (χ3n) is 1.80. The SMILES string of the molecule is CC.CC.CC(C)c1nc2ccccc2s1.[W]. The molecule has 0 unspecified atom stereocenters. The minimum atomic E-state index is 0. The van der Waals surface area contributed by atoms with Crippen molar-refractivity contribution in [2.45, 2.75) is 47.5 Å². The van der Waals surface area contributed by atoms with Crippen molar-refractivity contribution in [1.82, 2.24) is 4.98 Å². The maximum absolute atomic E-state index is 4.53. The number of rotatable bonds is 1. The van der Waals surface area contributed by atoms with Gasteiger partial charge in [-0.05, 0) is 12.1 Å². The number of hydrogen-bond donors (Lipinski definition) is 0. The van der Waals surface area contributed by atoms with Crippen molar-refractivity contribution in [3.63, 3.8) is 0 Å². The van der Waals surface area contributed by atoms with E-state index in [0.29, 0.717) is 5.92 Å². The molecule has 0 spiro atoms. The number of nitrogens with zero attached hydrogens (tertiary/aromatic N) is 1. The molecule has 0 fully saturated rings. The Kier molecular flexibility index (Phi) is 12.3. The van der Waals surface area contributed by atoms with Crippen molar-refractivity contribution in [3.05, 3.63) is 29.3 Å². The Bertz CT molecular complexity index is 363. The fourth-order valence-corrected chi connectivity index (χ4v) is 2.11. The van der Waals surface area contributed by atoms with Crippen molar-refractivity contribution >= 4 is 21.6 Å². The summed E-state index contributed by atoms with van der Waals surface area (Å²) < 4.78 is 1.29. The molecule has 1 nitrogen and oxygen atoms in total. The van der Waals surface area contributed by atoms with E-state index in [9.17, 15) is 0 Å². The Morgan fingerprint density at radius 1 is 1.00 bits per heavy atom. The maximum atomic E-state index is 4.53. The number of benzene rings is 1. The van der Waals surface area contributed by atoms with E-state index in [2.05, 4.69) is 37.0 Å². The fourth-order valence-electron chi connectivity index (χ4n) is 1.14. The third-order valence-corrected chi connectivity index (χ3v) is 3.14. The second kappa shape index (κ2) is 10.9. The van der Waals surface area contributed by atoms with Crippen LogP contribution in [0.5, 0.6) is 0 Å². The van der Waals surface area contributed by atoms with Gasteiger partial charge in [-0.15, -0.1) is 11.3 Å². The van der Waals surface area contributed by atoms with Crippen LogP contribution in [-0.2, 0) is 21.1 Å². The summed E-state index contributed by atoms with van der Waals surface area (Å²) in [6, 6.07) is 8.29. The van der Waals surface area contributed by atoms with Crippen LogP contribution in [0.3, 0.4) is 0 Å². The predicted octanol–water partition coefficient (Wildman–Crippen LogP) is 5.47. The van der Waals surface area contributed by atoms with Gasteiger partial charge < -0.3 is 0 Å². The molecule has 1 aromatic heterocycles. The van der Waals surface area contributed by atoms with Crippen LogP contribution in [0.25, 0.3) is 10.2 Å². The Morgan fingerprint density at radius 2 is 1.53 bits per heavy atom. The molecular formula is C14H23NSW. The molecule has 96 valence electrons. The Morgan fingerprint density at radius 3 is 2.00 bits per heavy atom. The second-order valence-electron chi connectivity index (χ2n) is 3.17. The quantitative estimate of drug-likeness (QED) is 0.595. The molecule has 3 heteroatoms. The molecular weight excluding hydrogens is 398 g/mol. The predicted molar refractivity (Wildman–Crippen MR) is 76.4 cm³/mol. The fraction of sp³-hybridized carbons (Fsp3) is 0.500. The molecule has 1 heterocycles. The summed E-state index contributed by atoms with van der Waals surface area (Å²) in [6.07, 6.45) is 0. The molecule has 2 rings (SSSR count). The van der Waals surface area contributed by atoms with E-state index >= 15 is 0 Å². The summed E-state index contributed by atoms with van der Waals surface area (Å²) in [5, 5.41) is 1.23. The van der Waals surface area contributed by atoms with Crippen LogP contribution in [0.15, 0.2) is 24.3 Å². The second-order valence-corrected chi connectivity index (χ2v) is 4.24. The van der Waals surface area contributed by atoms with Crippen LogP contribution in [0, 0.1) is 0 Å². The largest absolute Gasteiger partial charge is 0.241 e. The molecule has 0 aliphatic heterocycles. The zero-order valence-corrected chi connectivity index (χ0v) is 15.4. The van der Waals surface area contributed by atoms with Gasteiger partial charge in [0.05, 0.1) is 15.2 Å². The van der Waals surface area contributed by atoms with Crippen molar-refractivity contribution < 1.29 is 21.1 Å². The van der Waals surface area contributed by atoms with Crippen LogP contribution in [0.1, 0.15) is 52.5 Å². The van der Waals surface area contributed by atoms with Crippen molar-refractivity contribution in [1.29, 1.82) is 0 Å². The van der Waals surface area contributed by atoms with Gasteiger partial charge in [0.1, 0.15) is 0 Å². The summed E-state index contributed by atoms with van der Waals surface area (Å²) in [5.41, 5.74) is 1.13. The molecule has 0 bridgehead atoms. The molecule has 0 saturated carbocycles. The van der Waals surface area contributed by atoms with E-state index in [1.165, 1.54) is 9.71 Å². The van der Waals surface area contributed by atoms with Crippen molar-refractivity contribution in [3.8, 4) is 0 Å². The molecule has 1 aromatic carbocycles. The first-order valence-electron chi connectivity index (χ1n) is 6.13. The van der Waals surface area contributed by atoms with Crippen LogP contribution in [-0.4, -0.2) is 4.98 Å². The average Bonchev–Trinajstić information content (AvgIpc) is 2.78. The van der Waals surface area contributed by atoms with Gasteiger partial charge in [0, 0.05) is 27.0 Å². The minimum Gasteiger partial charge on any atom is -0.241 e. The Hall–Kier alpha value is -0.202. The number of aromatic nitrogens is 1. The molecule has 0 saturated heterocycles. The summed E-state index contributed by atoms with van der Waals surface area (Å²) in [7, 11) is 0. The monoisotopic (exact) mass is 421 g/mol. The maximum Gasteiger partial charge on any atom is 0.0963 e. The van der Waals surface area contributed by atoms with Gasteiger partial charge in [-0.25, -0.2) is 4.98 Å². The van der Waals surface area contributed by atoms with Gasteiger partial charge in [-0.1, -0.05) is 53.7 Å². The summed E-state index contributed by atoms with van der Waals surface area (Å²) in [5.74, 6) is 0.544. The van der Waals surface area contributed by atoms with E-state index in [1.807, 2.05) is 33.8 Å². The van der Waals surface area contributed by atoms with Crippen molar-refractivity contribution in [2.24, 2.45) is 0 Å². The van der Waals surface area contributed by atoms with Gasteiger partial charge >= 0.3 is 0 Å². The molecule has 0 atom stereocenters. The molecule has 2 aromatic rings. The standard InChI is InChI=1S/C10H11NS.2C2H6.W/c1-7(2)10-11-8-5-3-4-6-9(8)12-10;2*1-2;/h3-7H,1-2H3;2*1-2H3;. The minimum absolute atomic E-state index is 0. The first-order chi connectivity index (χ1) is 7.77. The zero-order valence-electron chi connectivity index (χ0n) is 11.7. The normalized spacial score (nSPS) is 8.65. The Balaban J connectivity index is 0. The van der Waals surface area contributed by atoms with E-state index in [-0.39, 0.29) is 21.1 Å². The third kappa shape index (κ3) is 5.79. The molecule has 0 aliphatic carbocycles. The summed E-state index contributed by atoms with van der Waals surface area (Å²) >= 11 is 1.79. The van der Waals surface area contributed by atoms with E-state index in [1.54, 1.807) is 11.3 Å². The zero-order chi connectivity index (χ0) is 12.6. The topological polar surface area (TPSA) is 12.9 Å². The first kappa shape index (κ1) is 19.1. The smallest absolute Gasteiger partial charge is 0.0963 e. The van der Waals surface area contributed by atoms with Crippen LogP contribution >= 0.6 is 11.3 Å². The summed E-state index contributed by atoms with van der Waals surface area (Å²) in [4.78, 5) is 4.53. The summed E-state index contributed by atoms with van der Waals surface area (Å²) in [6.45, 7) is 12.4. The van der Waals surface area contributed by atoms with Crippen LogP contribution in [0.2, 0.25) is 0 Å². The molecule has 0 N–H and O–H groups in total. The van der Waals surface area contributed by atoms with Crippen LogP contribution in [0.4, 0.5) is 0 Å².